The molecule has 0 spiro atoms. The Morgan fingerprint density at radius 3 is 2.50 bits per heavy atom. The Bertz CT molecular complexity index is 528. The van der Waals surface area contributed by atoms with Crippen molar-refractivity contribution in [2.45, 2.75) is 13.2 Å². The maximum absolute atomic E-state index is 13.0. The van der Waals surface area contributed by atoms with E-state index in [0.717, 1.165) is 10.0 Å². The summed E-state index contributed by atoms with van der Waals surface area (Å²) >= 11 is 3.37. The van der Waals surface area contributed by atoms with E-state index in [1.165, 1.54) is 12.1 Å². The molecule has 18 heavy (non-hydrogen) atoms. The molecule has 4 heteroatoms. The van der Waals surface area contributed by atoms with E-state index >= 15 is 0 Å². The predicted octanol–water partition coefficient (Wildman–Crippen LogP) is 3.63. The number of rotatable bonds is 4. The summed E-state index contributed by atoms with van der Waals surface area (Å²) in [6.07, 6.45) is 0. The zero-order valence-corrected chi connectivity index (χ0v) is 11.3. The molecule has 2 N–H and O–H groups in total. The third-order valence-electron chi connectivity index (χ3n) is 2.55. The van der Waals surface area contributed by atoms with Gasteiger partial charge in [-0.1, -0.05) is 28.1 Å². The molecule has 0 atom stereocenters. The molecule has 0 aliphatic rings. The summed E-state index contributed by atoms with van der Waals surface area (Å²) < 4.78 is 19.7. The fourth-order valence-electron chi connectivity index (χ4n) is 1.59. The van der Waals surface area contributed by atoms with Gasteiger partial charge in [0.1, 0.15) is 18.2 Å². The van der Waals surface area contributed by atoms with Crippen LogP contribution in [-0.2, 0) is 13.2 Å². The minimum atomic E-state index is -0.300. The number of hydrogen-bond donors (Lipinski definition) is 1. The quantitative estimate of drug-likeness (QED) is 0.936. The van der Waals surface area contributed by atoms with Gasteiger partial charge in [-0.15, -0.1) is 0 Å². The van der Waals surface area contributed by atoms with Crippen molar-refractivity contribution in [3.05, 3.63) is 63.9 Å². The second-order valence-corrected chi connectivity index (χ2v) is 4.79. The Morgan fingerprint density at radius 2 is 1.83 bits per heavy atom. The van der Waals surface area contributed by atoms with Crippen molar-refractivity contribution in [2.24, 2.45) is 5.73 Å². The summed E-state index contributed by atoms with van der Waals surface area (Å²) in [4.78, 5) is 0. The van der Waals surface area contributed by atoms with Crippen LogP contribution < -0.4 is 10.5 Å². The highest BCUT2D eigenvalue weighted by Crippen LogP contribution is 2.21. The van der Waals surface area contributed by atoms with Crippen LogP contribution in [0.1, 0.15) is 11.1 Å². The molecule has 0 radical (unpaired) electrons. The average molecular weight is 310 g/mol. The molecule has 2 aromatic rings. The zero-order valence-electron chi connectivity index (χ0n) is 9.70. The largest absolute Gasteiger partial charge is 0.489 e. The van der Waals surface area contributed by atoms with Crippen LogP contribution in [0.3, 0.4) is 0 Å². The number of ether oxygens (including phenoxy) is 1. The molecular formula is C14H13BrFNO. The van der Waals surface area contributed by atoms with E-state index in [2.05, 4.69) is 15.9 Å². The molecule has 0 amide bonds. The van der Waals surface area contributed by atoms with Gasteiger partial charge in [0.25, 0.3) is 0 Å². The molecule has 0 saturated heterocycles. The molecule has 0 bridgehead atoms. The lowest BCUT2D eigenvalue weighted by Gasteiger charge is -2.10. The first-order chi connectivity index (χ1) is 8.69. The van der Waals surface area contributed by atoms with Gasteiger partial charge >= 0.3 is 0 Å². The normalized spacial score (nSPS) is 10.4. The Hall–Kier alpha value is -1.39. The van der Waals surface area contributed by atoms with Crippen molar-refractivity contribution < 1.29 is 9.13 Å². The lowest BCUT2D eigenvalue weighted by atomic mass is 10.2. The van der Waals surface area contributed by atoms with E-state index in [1.54, 1.807) is 6.07 Å². The second-order valence-electron chi connectivity index (χ2n) is 3.87. The molecule has 0 unspecified atom stereocenters. The molecule has 94 valence electrons. The standard InChI is InChI=1S/C14H13BrFNO/c15-12-3-1-10(2-4-12)9-18-14-6-5-13(16)7-11(14)8-17/h1-7H,8-9,17H2. The molecule has 2 nitrogen and oxygen atoms in total. The monoisotopic (exact) mass is 309 g/mol. The van der Waals surface area contributed by atoms with Crippen molar-refractivity contribution in [3.8, 4) is 5.75 Å². The van der Waals surface area contributed by atoms with Gasteiger partial charge in [-0.3, -0.25) is 0 Å². The van der Waals surface area contributed by atoms with Gasteiger partial charge in [-0.25, -0.2) is 4.39 Å². The smallest absolute Gasteiger partial charge is 0.124 e. The third kappa shape index (κ3) is 3.31. The van der Waals surface area contributed by atoms with Gasteiger partial charge < -0.3 is 10.5 Å². The van der Waals surface area contributed by atoms with Crippen LogP contribution in [0.15, 0.2) is 46.9 Å². The van der Waals surface area contributed by atoms with Crippen LogP contribution >= 0.6 is 15.9 Å². The third-order valence-corrected chi connectivity index (χ3v) is 3.08. The van der Waals surface area contributed by atoms with Crippen LogP contribution in [-0.4, -0.2) is 0 Å². The zero-order chi connectivity index (χ0) is 13.0. The molecule has 2 aromatic carbocycles. The van der Waals surface area contributed by atoms with Crippen molar-refractivity contribution in [3.63, 3.8) is 0 Å². The van der Waals surface area contributed by atoms with Gasteiger partial charge in [0, 0.05) is 16.6 Å². The summed E-state index contributed by atoms with van der Waals surface area (Å²) in [6.45, 7) is 0.694. The minimum Gasteiger partial charge on any atom is -0.489 e. The lowest BCUT2D eigenvalue weighted by Crippen LogP contribution is -2.03. The minimum absolute atomic E-state index is 0.257. The van der Waals surface area contributed by atoms with Crippen LogP contribution in [0, 0.1) is 5.82 Å². The Balaban J connectivity index is 2.08. The van der Waals surface area contributed by atoms with Gasteiger partial charge in [0.05, 0.1) is 0 Å². The second kappa shape index (κ2) is 5.98. The summed E-state index contributed by atoms with van der Waals surface area (Å²) in [7, 11) is 0. The van der Waals surface area contributed by atoms with E-state index in [4.69, 9.17) is 10.5 Å². The molecule has 0 heterocycles. The Kier molecular flexibility index (Phi) is 4.33. The van der Waals surface area contributed by atoms with Crippen LogP contribution in [0.5, 0.6) is 5.75 Å². The van der Waals surface area contributed by atoms with Crippen LogP contribution in [0.4, 0.5) is 4.39 Å². The maximum Gasteiger partial charge on any atom is 0.124 e. The van der Waals surface area contributed by atoms with Gasteiger partial charge in [0.2, 0.25) is 0 Å². The first kappa shape index (κ1) is 13.1. The highest BCUT2D eigenvalue weighted by atomic mass is 79.9. The summed E-state index contributed by atoms with van der Waals surface area (Å²) in [6, 6.07) is 12.2. The average Bonchev–Trinajstić information content (AvgIpc) is 2.39. The van der Waals surface area contributed by atoms with E-state index in [0.29, 0.717) is 17.9 Å². The van der Waals surface area contributed by atoms with Gasteiger partial charge in [-0.2, -0.15) is 0 Å². The lowest BCUT2D eigenvalue weighted by molar-refractivity contribution is 0.302. The molecular weight excluding hydrogens is 297 g/mol. The topological polar surface area (TPSA) is 35.2 Å². The molecule has 0 aliphatic carbocycles. The first-order valence-corrected chi connectivity index (χ1v) is 6.34. The SMILES string of the molecule is NCc1cc(F)ccc1OCc1ccc(Br)cc1. The van der Waals surface area contributed by atoms with E-state index in [-0.39, 0.29) is 12.4 Å². The fourth-order valence-corrected chi connectivity index (χ4v) is 1.85. The van der Waals surface area contributed by atoms with E-state index in [9.17, 15) is 4.39 Å². The molecule has 2 rings (SSSR count). The van der Waals surface area contributed by atoms with E-state index in [1.807, 2.05) is 24.3 Å². The summed E-state index contributed by atoms with van der Waals surface area (Å²) in [5, 5.41) is 0. The first-order valence-electron chi connectivity index (χ1n) is 5.55. The highest BCUT2D eigenvalue weighted by Gasteiger charge is 2.04. The number of hydrogen-bond acceptors (Lipinski definition) is 2. The fraction of sp³-hybridized carbons (Fsp3) is 0.143. The van der Waals surface area contributed by atoms with E-state index < -0.39 is 0 Å². The van der Waals surface area contributed by atoms with Crippen molar-refractivity contribution >= 4 is 15.9 Å². The van der Waals surface area contributed by atoms with Crippen LogP contribution in [0.25, 0.3) is 0 Å². The maximum atomic E-state index is 13.0. The molecule has 0 aliphatic heterocycles. The van der Waals surface area contributed by atoms with Gasteiger partial charge in [-0.05, 0) is 35.9 Å². The summed E-state index contributed by atoms with van der Waals surface area (Å²) in [5.41, 5.74) is 7.28. The molecule has 0 aromatic heterocycles. The van der Waals surface area contributed by atoms with Crippen molar-refractivity contribution in [1.29, 1.82) is 0 Å². The number of halogens is 2. The molecule has 0 fully saturated rings. The Morgan fingerprint density at radius 1 is 1.11 bits per heavy atom. The Labute approximate surface area is 114 Å². The van der Waals surface area contributed by atoms with Crippen LogP contribution in [0.2, 0.25) is 0 Å². The van der Waals surface area contributed by atoms with Crippen molar-refractivity contribution in [2.75, 3.05) is 0 Å². The van der Waals surface area contributed by atoms with Crippen molar-refractivity contribution in [1.82, 2.24) is 0 Å². The summed E-state index contributed by atoms with van der Waals surface area (Å²) in [5.74, 6) is 0.327. The number of benzene rings is 2. The highest BCUT2D eigenvalue weighted by molar-refractivity contribution is 9.10. The number of nitrogens with two attached hydrogens (primary N) is 1. The van der Waals surface area contributed by atoms with Gasteiger partial charge in [0.15, 0.2) is 0 Å². The predicted molar refractivity (Wildman–Crippen MR) is 72.8 cm³/mol. The molecule has 0 saturated carbocycles.